The van der Waals surface area contributed by atoms with Crippen molar-refractivity contribution in [2.24, 2.45) is 5.92 Å². The van der Waals surface area contributed by atoms with E-state index in [0.717, 1.165) is 51.2 Å². The van der Waals surface area contributed by atoms with Crippen molar-refractivity contribution in [3.05, 3.63) is 0 Å². The Labute approximate surface area is 157 Å². The van der Waals surface area contributed by atoms with Crippen molar-refractivity contribution < 1.29 is 9.59 Å². The maximum Gasteiger partial charge on any atom is 0.315 e. The van der Waals surface area contributed by atoms with E-state index >= 15 is 0 Å². The van der Waals surface area contributed by atoms with Crippen molar-refractivity contribution in [2.45, 2.75) is 69.9 Å². The van der Waals surface area contributed by atoms with Crippen LogP contribution in [0.25, 0.3) is 0 Å². The number of hydrogen-bond acceptors (Lipinski definition) is 3. The van der Waals surface area contributed by atoms with E-state index in [9.17, 15) is 9.59 Å². The molecule has 3 N–H and O–H groups in total. The lowest BCUT2D eigenvalue weighted by atomic mass is 9.96. The van der Waals surface area contributed by atoms with E-state index in [1.165, 1.54) is 32.1 Å². The van der Waals surface area contributed by atoms with Crippen LogP contribution in [0.2, 0.25) is 0 Å². The summed E-state index contributed by atoms with van der Waals surface area (Å²) in [5.74, 6) is 0.936. The van der Waals surface area contributed by atoms with Crippen LogP contribution in [-0.2, 0) is 4.79 Å². The van der Waals surface area contributed by atoms with Gasteiger partial charge in [0.15, 0.2) is 0 Å². The third-order valence-electron chi connectivity index (χ3n) is 5.58. The fourth-order valence-electron chi connectivity index (χ4n) is 3.74. The first kappa shape index (κ1) is 20.3. The molecule has 7 heteroatoms. The molecule has 0 bridgehead atoms. The van der Waals surface area contributed by atoms with Crippen LogP contribution in [0.1, 0.15) is 57.8 Å². The van der Waals surface area contributed by atoms with Gasteiger partial charge in [0, 0.05) is 25.2 Å². The van der Waals surface area contributed by atoms with Gasteiger partial charge in [0.25, 0.3) is 0 Å². The minimum atomic E-state index is -0.198. The molecule has 0 aromatic carbocycles. The Kier molecular flexibility index (Phi) is 8.30. The minimum absolute atomic E-state index is 0. The first-order valence-electron chi connectivity index (χ1n) is 9.76. The van der Waals surface area contributed by atoms with Crippen LogP contribution in [0, 0.1) is 5.92 Å². The summed E-state index contributed by atoms with van der Waals surface area (Å²) in [5.41, 5.74) is 0. The molecule has 6 nitrogen and oxygen atoms in total. The Balaban J connectivity index is 0.00000225. The molecule has 0 atom stereocenters. The van der Waals surface area contributed by atoms with Gasteiger partial charge in [0.1, 0.15) is 0 Å². The van der Waals surface area contributed by atoms with Gasteiger partial charge in [-0.25, -0.2) is 4.79 Å². The van der Waals surface area contributed by atoms with E-state index in [1.807, 2.05) is 4.90 Å². The lowest BCUT2D eigenvalue weighted by molar-refractivity contribution is -0.131. The topological polar surface area (TPSA) is 73.5 Å². The van der Waals surface area contributed by atoms with Crippen LogP contribution in [0.15, 0.2) is 0 Å². The second-order valence-electron chi connectivity index (χ2n) is 7.67. The summed E-state index contributed by atoms with van der Waals surface area (Å²) < 4.78 is 0. The molecule has 3 aliphatic rings. The number of amides is 3. The van der Waals surface area contributed by atoms with Crippen molar-refractivity contribution >= 4 is 24.3 Å². The van der Waals surface area contributed by atoms with Gasteiger partial charge in [0.05, 0.1) is 6.54 Å². The molecule has 0 unspecified atom stereocenters. The molecule has 1 aliphatic heterocycles. The number of urea groups is 1. The predicted octanol–water partition coefficient (Wildman–Crippen LogP) is 2.03. The van der Waals surface area contributed by atoms with Crippen molar-refractivity contribution in [3.8, 4) is 0 Å². The quantitative estimate of drug-likeness (QED) is 0.668. The number of nitrogens with one attached hydrogen (secondary N) is 3. The predicted molar refractivity (Wildman–Crippen MR) is 101 cm³/mol. The fourth-order valence-corrected chi connectivity index (χ4v) is 3.74. The molecule has 0 radical (unpaired) electrons. The highest BCUT2D eigenvalue weighted by molar-refractivity contribution is 5.85. The van der Waals surface area contributed by atoms with Crippen LogP contribution in [0.4, 0.5) is 4.79 Å². The fraction of sp³-hybridized carbons (Fsp3) is 0.889. The smallest absolute Gasteiger partial charge is 0.315 e. The van der Waals surface area contributed by atoms with Gasteiger partial charge in [-0.15, -0.1) is 12.4 Å². The molecule has 3 amide bonds. The summed E-state index contributed by atoms with van der Waals surface area (Å²) in [5, 5.41) is 9.34. The lowest BCUT2D eigenvalue weighted by Crippen LogP contribution is -2.50. The monoisotopic (exact) mass is 372 g/mol. The van der Waals surface area contributed by atoms with Crippen LogP contribution in [0.5, 0.6) is 0 Å². The zero-order valence-corrected chi connectivity index (χ0v) is 15.9. The van der Waals surface area contributed by atoms with E-state index in [-0.39, 0.29) is 36.9 Å². The highest BCUT2D eigenvalue weighted by Crippen LogP contribution is 2.28. The Hall–Kier alpha value is -1.01. The van der Waals surface area contributed by atoms with E-state index in [0.29, 0.717) is 6.04 Å². The second-order valence-corrected chi connectivity index (χ2v) is 7.67. The maximum absolute atomic E-state index is 12.2. The number of carbonyl (C=O) groups is 2. The average molecular weight is 373 g/mol. The molecule has 25 heavy (non-hydrogen) atoms. The molecule has 2 saturated carbocycles. The van der Waals surface area contributed by atoms with E-state index in [4.69, 9.17) is 0 Å². The third kappa shape index (κ3) is 7.02. The van der Waals surface area contributed by atoms with Crippen LogP contribution < -0.4 is 16.0 Å². The largest absolute Gasteiger partial charge is 0.341 e. The number of carbonyl (C=O) groups excluding carboxylic acids is 2. The lowest BCUT2D eigenvalue weighted by Gasteiger charge is -2.32. The summed E-state index contributed by atoms with van der Waals surface area (Å²) in [6, 6.07) is 0.635. The van der Waals surface area contributed by atoms with Crippen molar-refractivity contribution in [1.29, 1.82) is 0 Å². The molecule has 0 aromatic rings. The van der Waals surface area contributed by atoms with Crippen molar-refractivity contribution in [3.63, 3.8) is 0 Å². The van der Waals surface area contributed by atoms with Gasteiger partial charge >= 0.3 is 6.03 Å². The van der Waals surface area contributed by atoms with Crippen molar-refractivity contribution in [1.82, 2.24) is 20.9 Å². The molecule has 2 aliphatic carbocycles. The van der Waals surface area contributed by atoms with Gasteiger partial charge in [-0.05, 0) is 51.0 Å². The first-order chi connectivity index (χ1) is 11.7. The summed E-state index contributed by atoms with van der Waals surface area (Å²) in [6.45, 7) is 2.85. The van der Waals surface area contributed by atoms with E-state index in [1.54, 1.807) is 0 Å². The van der Waals surface area contributed by atoms with Crippen LogP contribution in [-0.4, -0.2) is 55.1 Å². The van der Waals surface area contributed by atoms with Crippen LogP contribution in [0.3, 0.4) is 0 Å². The van der Waals surface area contributed by atoms with Crippen LogP contribution >= 0.6 is 12.4 Å². The summed E-state index contributed by atoms with van der Waals surface area (Å²) in [7, 11) is 0. The Morgan fingerprint density at radius 3 is 2.20 bits per heavy atom. The normalized spacial score (nSPS) is 22.2. The van der Waals surface area contributed by atoms with E-state index in [2.05, 4.69) is 16.0 Å². The van der Waals surface area contributed by atoms with Gasteiger partial charge < -0.3 is 20.9 Å². The third-order valence-corrected chi connectivity index (χ3v) is 5.58. The average Bonchev–Trinajstić information content (AvgIpc) is 3.44. The molecule has 144 valence electrons. The molecule has 3 fully saturated rings. The van der Waals surface area contributed by atoms with Gasteiger partial charge in [-0.1, -0.05) is 19.3 Å². The zero-order chi connectivity index (χ0) is 16.8. The maximum atomic E-state index is 12.2. The molecular formula is C18H33ClN4O2. The number of nitrogens with zero attached hydrogens (tertiary/aromatic N) is 1. The minimum Gasteiger partial charge on any atom is -0.341 e. The number of likely N-dealkylation sites (tertiary alicyclic amines) is 1. The first-order valence-corrected chi connectivity index (χ1v) is 9.76. The highest BCUT2D eigenvalue weighted by Gasteiger charge is 2.26. The summed E-state index contributed by atoms with van der Waals surface area (Å²) >= 11 is 0. The number of rotatable bonds is 6. The molecular weight excluding hydrogens is 340 g/mol. The summed E-state index contributed by atoms with van der Waals surface area (Å²) in [4.78, 5) is 26.0. The summed E-state index contributed by atoms with van der Waals surface area (Å²) in [6.07, 6.45) is 10.5. The molecule has 0 aromatic heterocycles. The Morgan fingerprint density at radius 2 is 1.56 bits per heavy atom. The second kappa shape index (κ2) is 10.2. The Bertz CT molecular complexity index is 431. The molecule has 1 saturated heterocycles. The van der Waals surface area contributed by atoms with E-state index < -0.39 is 0 Å². The highest BCUT2D eigenvalue weighted by atomic mass is 35.5. The van der Waals surface area contributed by atoms with Gasteiger partial charge in [-0.3, -0.25) is 4.79 Å². The SMILES string of the molecule is Cl.O=C(NCC(=O)N1CCC(NCC2CC2)CC1)NC1CCCCC1. The molecule has 3 rings (SSSR count). The van der Waals surface area contributed by atoms with Crippen molar-refractivity contribution in [2.75, 3.05) is 26.2 Å². The number of hydrogen-bond donors (Lipinski definition) is 3. The Morgan fingerprint density at radius 1 is 0.880 bits per heavy atom. The number of piperidine rings is 1. The number of halogens is 1. The molecule has 0 spiro atoms. The standard InChI is InChI=1S/C18H32N4O2.ClH/c23-17(13-20-18(24)21-16-4-2-1-3-5-16)22-10-8-15(9-11-22)19-12-14-6-7-14;/h14-16,19H,1-13H2,(H2,20,21,24);1H. The zero-order valence-electron chi connectivity index (χ0n) is 15.1. The van der Waals surface area contributed by atoms with Gasteiger partial charge in [-0.2, -0.15) is 0 Å². The van der Waals surface area contributed by atoms with Gasteiger partial charge in [0.2, 0.25) is 5.91 Å². The molecule has 1 heterocycles.